The van der Waals surface area contributed by atoms with Crippen molar-refractivity contribution >= 4 is 50.9 Å². The number of anilines is 1. The average molecular weight is 492 g/mol. The zero-order valence-electron chi connectivity index (χ0n) is 13.9. The van der Waals surface area contributed by atoms with Crippen molar-refractivity contribution in [2.45, 2.75) is 11.4 Å². The summed E-state index contributed by atoms with van der Waals surface area (Å²) in [6.45, 7) is 0. The second kappa shape index (κ2) is 8.59. The second-order valence-corrected chi connectivity index (χ2v) is 7.78. The first-order valence-corrected chi connectivity index (χ1v) is 9.89. The number of alkyl halides is 3. The van der Waals surface area contributed by atoms with Crippen molar-refractivity contribution in [1.29, 1.82) is 0 Å². The van der Waals surface area contributed by atoms with Gasteiger partial charge in [-0.15, -0.1) is 0 Å². The molecule has 28 heavy (non-hydrogen) atoms. The zero-order valence-corrected chi connectivity index (χ0v) is 17.0. The van der Waals surface area contributed by atoms with Gasteiger partial charge in [-0.3, -0.25) is 4.79 Å². The van der Waals surface area contributed by atoms with Gasteiger partial charge in [-0.2, -0.15) is 13.2 Å². The van der Waals surface area contributed by atoms with Crippen molar-refractivity contribution in [2.24, 2.45) is 0 Å². The Morgan fingerprint density at radius 1 is 1.21 bits per heavy atom. The van der Waals surface area contributed by atoms with E-state index in [-0.39, 0.29) is 21.7 Å². The van der Waals surface area contributed by atoms with Gasteiger partial charge in [0.25, 0.3) is 5.22 Å². The molecule has 0 bridgehead atoms. The van der Waals surface area contributed by atoms with Crippen LogP contribution in [0.3, 0.4) is 0 Å². The fraction of sp³-hybridized carbons (Fsp3) is 0.111. The summed E-state index contributed by atoms with van der Waals surface area (Å²) in [7, 11) is 0. The fourth-order valence-corrected chi connectivity index (χ4v) is 3.22. The van der Waals surface area contributed by atoms with Crippen molar-refractivity contribution in [3.63, 3.8) is 0 Å². The molecule has 146 valence electrons. The van der Waals surface area contributed by atoms with Crippen LogP contribution in [0.5, 0.6) is 0 Å². The van der Waals surface area contributed by atoms with Gasteiger partial charge in [-0.1, -0.05) is 51.4 Å². The number of hydrogen-bond donors (Lipinski definition) is 1. The van der Waals surface area contributed by atoms with Crippen molar-refractivity contribution in [1.82, 2.24) is 4.98 Å². The highest BCUT2D eigenvalue weighted by atomic mass is 79.9. The number of aromatic nitrogens is 1. The lowest BCUT2D eigenvalue weighted by Gasteiger charge is -2.11. The highest BCUT2D eigenvalue weighted by molar-refractivity contribution is 9.10. The standard InChI is InChI=1S/C18H11BrClF3N2O2S/c19-12-4-1-10(2-5-12)15-8-24-17(27-15)28-9-16(26)25-14-7-11(18(21,22)23)3-6-13(14)20/h1-8H,9H2,(H,25,26). The van der Waals surface area contributed by atoms with Gasteiger partial charge in [-0.25, -0.2) is 4.98 Å². The highest BCUT2D eigenvalue weighted by Crippen LogP contribution is 2.34. The first-order valence-electron chi connectivity index (χ1n) is 7.73. The lowest BCUT2D eigenvalue weighted by atomic mass is 10.2. The summed E-state index contributed by atoms with van der Waals surface area (Å²) in [6, 6.07) is 10.1. The summed E-state index contributed by atoms with van der Waals surface area (Å²) in [4.78, 5) is 16.2. The van der Waals surface area contributed by atoms with Crippen LogP contribution in [0.25, 0.3) is 11.3 Å². The number of rotatable bonds is 5. The predicted molar refractivity (Wildman–Crippen MR) is 105 cm³/mol. The maximum Gasteiger partial charge on any atom is 0.416 e. The molecule has 0 fully saturated rings. The van der Waals surface area contributed by atoms with Gasteiger partial charge in [0.1, 0.15) is 0 Å². The Morgan fingerprint density at radius 3 is 2.61 bits per heavy atom. The Labute approximate surface area is 175 Å². The molecule has 0 saturated carbocycles. The third-order valence-corrected chi connectivity index (χ3v) is 5.21. The number of hydrogen-bond acceptors (Lipinski definition) is 4. The van der Waals surface area contributed by atoms with Gasteiger partial charge in [0, 0.05) is 10.0 Å². The summed E-state index contributed by atoms with van der Waals surface area (Å²) >= 11 is 10.2. The van der Waals surface area contributed by atoms with Gasteiger partial charge < -0.3 is 9.73 Å². The minimum absolute atomic E-state index is 0.0139. The van der Waals surface area contributed by atoms with E-state index >= 15 is 0 Å². The van der Waals surface area contributed by atoms with Crippen LogP contribution in [-0.2, 0) is 11.0 Å². The normalized spacial score (nSPS) is 11.5. The summed E-state index contributed by atoms with van der Waals surface area (Å²) in [5.74, 6) is -0.0988. The Balaban J connectivity index is 1.61. The molecule has 0 radical (unpaired) electrons. The third kappa shape index (κ3) is 5.30. The van der Waals surface area contributed by atoms with Crippen LogP contribution < -0.4 is 5.32 Å². The molecule has 1 heterocycles. The van der Waals surface area contributed by atoms with E-state index in [1.54, 1.807) is 0 Å². The summed E-state index contributed by atoms with van der Waals surface area (Å²) in [6.07, 6.45) is -2.99. The Bertz CT molecular complexity index is 993. The number of thioether (sulfide) groups is 1. The van der Waals surface area contributed by atoms with Crippen LogP contribution >= 0.6 is 39.3 Å². The molecular formula is C18H11BrClF3N2O2S. The molecule has 0 atom stereocenters. The maximum atomic E-state index is 12.8. The minimum Gasteiger partial charge on any atom is -0.431 e. The first-order chi connectivity index (χ1) is 13.2. The number of oxazole rings is 1. The molecule has 3 aromatic rings. The summed E-state index contributed by atoms with van der Waals surface area (Å²) < 4.78 is 44.9. The summed E-state index contributed by atoms with van der Waals surface area (Å²) in [5, 5.41) is 2.65. The first kappa shape index (κ1) is 20.8. The molecule has 0 aliphatic heterocycles. The number of halogens is 5. The van der Waals surface area contributed by atoms with Crippen molar-refractivity contribution in [3.05, 3.63) is 63.7 Å². The number of carbonyl (C=O) groups is 1. The molecule has 0 aliphatic rings. The zero-order chi connectivity index (χ0) is 20.3. The van der Waals surface area contributed by atoms with E-state index in [0.717, 1.165) is 40.0 Å². The number of nitrogens with zero attached hydrogens (tertiary/aromatic N) is 1. The number of carbonyl (C=O) groups excluding carboxylic acids is 1. The van der Waals surface area contributed by atoms with Crippen molar-refractivity contribution in [3.8, 4) is 11.3 Å². The largest absolute Gasteiger partial charge is 0.431 e. The topological polar surface area (TPSA) is 55.1 Å². The van der Waals surface area contributed by atoms with E-state index in [0.29, 0.717) is 5.76 Å². The highest BCUT2D eigenvalue weighted by Gasteiger charge is 2.31. The van der Waals surface area contributed by atoms with Crippen molar-refractivity contribution < 1.29 is 22.4 Å². The maximum absolute atomic E-state index is 12.8. The molecule has 0 unspecified atom stereocenters. The molecule has 3 rings (SSSR count). The van der Waals surface area contributed by atoms with Gasteiger partial charge in [0.2, 0.25) is 5.91 Å². The van der Waals surface area contributed by atoms with Crippen molar-refractivity contribution in [2.75, 3.05) is 11.1 Å². The number of benzene rings is 2. The van der Waals surface area contributed by atoms with E-state index in [4.69, 9.17) is 16.0 Å². The smallest absolute Gasteiger partial charge is 0.416 e. The van der Waals surface area contributed by atoms with Gasteiger partial charge in [0.05, 0.1) is 28.2 Å². The molecule has 10 heteroatoms. The van der Waals surface area contributed by atoms with E-state index in [2.05, 4.69) is 26.2 Å². The van der Waals surface area contributed by atoms with Crippen LogP contribution in [-0.4, -0.2) is 16.6 Å². The summed E-state index contributed by atoms with van der Waals surface area (Å²) in [5.41, 5.74) is -0.181. The predicted octanol–water partition coefficient (Wildman–Crippen LogP) is 6.51. The van der Waals surface area contributed by atoms with E-state index in [1.807, 2.05) is 24.3 Å². The molecule has 0 aliphatic carbocycles. The van der Waals surface area contributed by atoms with Gasteiger partial charge >= 0.3 is 6.18 Å². The van der Waals surface area contributed by atoms with Crippen LogP contribution in [0.1, 0.15) is 5.56 Å². The van der Waals surface area contributed by atoms with Crippen LogP contribution in [0, 0.1) is 0 Å². The van der Waals surface area contributed by atoms with Crippen LogP contribution in [0.2, 0.25) is 5.02 Å². The molecule has 1 aromatic heterocycles. The average Bonchev–Trinajstić information content (AvgIpc) is 3.10. The fourth-order valence-electron chi connectivity index (χ4n) is 2.18. The molecule has 0 saturated heterocycles. The molecule has 0 spiro atoms. The Morgan fingerprint density at radius 2 is 1.93 bits per heavy atom. The van der Waals surface area contributed by atoms with Crippen LogP contribution in [0.4, 0.5) is 18.9 Å². The lowest BCUT2D eigenvalue weighted by Crippen LogP contribution is -2.15. The Hall–Kier alpha value is -1.97. The number of amides is 1. The van der Waals surface area contributed by atoms with E-state index in [9.17, 15) is 18.0 Å². The molecular weight excluding hydrogens is 481 g/mol. The quantitative estimate of drug-likeness (QED) is 0.414. The molecule has 4 nitrogen and oxygen atoms in total. The number of nitrogens with one attached hydrogen (secondary N) is 1. The molecule has 1 N–H and O–H groups in total. The van der Waals surface area contributed by atoms with E-state index < -0.39 is 17.6 Å². The van der Waals surface area contributed by atoms with E-state index in [1.165, 1.54) is 6.20 Å². The molecule has 1 amide bonds. The monoisotopic (exact) mass is 490 g/mol. The van der Waals surface area contributed by atoms with Crippen LogP contribution in [0.15, 0.2) is 62.8 Å². The second-order valence-electron chi connectivity index (χ2n) is 5.53. The lowest BCUT2D eigenvalue weighted by molar-refractivity contribution is -0.137. The minimum atomic E-state index is -4.53. The van der Waals surface area contributed by atoms with Gasteiger partial charge in [0.15, 0.2) is 5.76 Å². The third-order valence-electron chi connectivity index (χ3n) is 3.51. The molecule has 2 aromatic carbocycles. The Kier molecular flexibility index (Phi) is 6.36. The van der Waals surface area contributed by atoms with Gasteiger partial charge in [-0.05, 0) is 30.3 Å². The SMILES string of the molecule is O=C(CSc1ncc(-c2ccc(Br)cc2)o1)Nc1cc(C(F)(F)F)ccc1Cl.